The van der Waals surface area contributed by atoms with Crippen LogP contribution >= 0.6 is 0 Å². The van der Waals surface area contributed by atoms with Crippen LogP contribution in [0.2, 0.25) is 0 Å². The van der Waals surface area contributed by atoms with Crippen LogP contribution < -0.4 is 0 Å². The number of hydrogen-bond acceptors (Lipinski definition) is 0. The van der Waals surface area contributed by atoms with Crippen LogP contribution in [0.25, 0.3) is 0 Å². The molecule has 13 heavy (non-hydrogen) atoms. The molecule has 0 heteroatoms. The second-order valence-electron chi connectivity index (χ2n) is 5.26. The molecule has 0 aromatic heterocycles. The SMILES string of the molecule is CCCCC(C)(CC)C(C)(C)CC. The minimum absolute atomic E-state index is 0.497. The molecule has 0 bridgehead atoms. The maximum atomic E-state index is 2.46. The standard InChI is InChI=1S/C13H28/c1-7-10-11-13(6,9-3)12(4,5)8-2/h7-11H2,1-6H3. The van der Waals surface area contributed by atoms with Gasteiger partial charge in [0.05, 0.1) is 0 Å². The Labute approximate surface area is 85.1 Å². The van der Waals surface area contributed by atoms with E-state index in [1.54, 1.807) is 0 Å². The molecule has 0 fully saturated rings. The molecule has 0 rings (SSSR count). The molecule has 0 nitrogen and oxygen atoms in total. The highest BCUT2D eigenvalue weighted by atomic mass is 14.4. The fourth-order valence-electron chi connectivity index (χ4n) is 1.99. The van der Waals surface area contributed by atoms with E-state index in [4.69, 9.17) is 0 Å². The molecule has 0 aliphatic rings. The summed E-state index contributed by atoms with van der Waals surface area (Å²) in [4.78, 5) is 0. The molecule has 1 unspecified atom stereocenters. The van der Waals surface area contributed by atoms with E-state index in [-0.39, 0.29) is 0 Å². The van der Waals surface area contributed by atoms with Gasteiger partial charge in [0.15, 0.2) is 0 Å². The van der Waals surface area contributed by atoms with Gasteiger partial charge in [-0.25, -0.2) is 0 Å². The zero-order chi connectivity index (χ0) is 10.5. The van der Waals surface area contributed by atoms with E-state index < -0.39 is 0 Å². The van der Waals surface area contributed by atoms with Crippen molar-refractivity contribution in [2.75, 3.05) is 0 Å². The molecule has 1 atom stereocenters. The summed E-state index contributed by atoms with van der Waals surface area (Å²) in [7, 11) is 0. The van der Waals surface area contributed by atoms with Gasteiger partial charge in [-0.3, -0.25) is 0 Å². The van der Waals surface area contributed by atoms with Gasteiger partial charge in [0, 0.05) is 0 Å². The average molecular weight is 184 g/mol. The van der Waals surface area contributed by atoms with Crippen molar-refractivity contribution in [2.45, 2.75) is 73.6 Å². The molecule has 0 radical (unpaired) electrons. The zero-order valence-electron chi connectivity index (χ0n) is 10.5. The molecular weight excluding hydrogens is 156 g/mol. The average Bonchev–Trinajstić information content (AvgIpc) is 2.13. The van der Waals surface area contributed by atoms with Crippen molar-refractivity contribution in [2.24, 2.45) is 10.8 Å². The van der Waals surface area contributed by atoms with Crippen LogP contribution in [0.1, 0.15) is 73.6 Å². The quantitative estimate of drug-likeness (QED) is 0.543. The maximum absolute atomic E-state index is 2.46. The van der Waals surface area contributed by atoms with Crippen LogP contribution in [-0.2, 0) is 0 Å². The Kier molecular flexibility index (Phi) is 5.02. The van der Waals surface area contributed by atoms with E-state index in [1.807, 2.05) is 0 Å². The van der Waals surface area contributed by atoms with E-state index in [0.717, 1.165) is 0 Å². The number of unbranched alkanes of at least 4 members (excludes halogenated alkanes) is 1. The minimum Gasteiger partial charge on any atom is -0.0654 e. The molecule has 0 aromatic rings. The second kappa shape index (κ2) is 5.02. The van der Waals surface area contributed by atoms with Crippen molar-refractivity contribution in [3.05, 3.63) is 0 Å². The third-order valence-corrected chi connectivity index (χ3v) is 4.38. The van der Waals surface area contributed by atoms with Gasteiger partial charge in [0.25, 0.3) is 0 Å². The summed E-state index contributed by atoms with van der Waals surface area (Å²) in [6, 6.07) is 0. The fraction of sp³-hybridized carbons (Fsp3) is 1.00. The highest BCUT2D eigenvalue weighted by molar-refractivity contribution is 4.87. The molecule has 0 aromatic carbocycles. The van der Waals surface area contributed by atoms with Crippen LogP contribution in [0.3, 0.4) is 0 Å². The van der Waals surface area contributed by atoms with Crippen molar-refractivity contribution in [3.63, 3.8) is 0 Å². The van der Waals surface area contributed by atoms with Crippen molar-refractivity contribution in [3.8, 4) is 0 Å². The van der Waals surface area contributed by atoms with Crippen molar-refractivity contribution < 1.29 is 0 Å². The number of rotatable bonds is 6. The first-order valence-corrected chi connectivity index (χ1v) is 5.93. The second-order valence-corrected chi connectivity index (χ2v) is 5.26. The normalized spacial score (nSPS) is 17.1. The van der Waals surface area contributed by atoms with E-state index in [9.17, 15) is 0 Å². The Morgan fingerprint density at radius 1 is 0.846 bits per heavy atom. The maximum Gasteiger partial charge on any atom is -0.0277 e. The predicted octanol–water partition coefficient (Wildman–Crippen LogP) is 5.03. The Balaban J connectivity index is 4.42. The molecule has 0 aliphatic carbocycles. The smallest absolute Gasteiger partial charge is 0.0277 e. The van der Waals surface area contributed by atoms with Crippen LogP contribution in [0.5, 0.6) is 0 Å². The number of hydrogen-bond donors (Lipinski definition) is 0. The first kappa shape index (κ1) is 13.0. The lowest BCUT2D eigenvalue weighted by Gasteiger charge is -2.44. The molecule has 80 valence electrons. The van der Waals surface area contributed by atoms with Crippen molar-refractivity contribution in [1.29, 1.82) is 0 Å². The van der Waals surface area contributed by atoms with Gasteiger partial charge in [0.2, 0.25) is 0 Å². The minimum atomic E-state index is 0.497. The van der Waals surface area contributed by atoms with E-state index in [0.29, 0.717) is 10.8 Å². The summed E-state index contributed by atoms with van der Waals surface area (Å²) in [5, 5.41) is 0. The molecular formula is C13H28. The lowest BCUT2D eigenvalue weighted by molar-refractivity contribution is 0.0654. The van der Waals surface area contributed by atoms with Gasteiger partial charge in [-0.15, -0.1) is 0 Å². The van der Waals surface area contributed by atoms with Gasteiger partial charge in [-0.2, -0.15) is 0 Å². The van der Waals surface area contributed by atoms with Crippen LogP contribution in [0, 0.1) is 10.8 Å². The van der Waals surface area contributed by atoms with E-state index >= 15 is 0 Å². The Hall–Kier alpha value is 0. The van der Waals surface area contributed by atoms with E-state index in [2.05, 4.69) is 41.5 Å². The summed E-state index contributed by atoms with van der Waals surface area (Å²) in [6.45, 7) is 14.3. The summed E-state index contributed by atoms with van der Waals surface area (Å²) in [6.07, 6.45) is 6.71. The molecule has 0 N–H and O–H groups in total. The first-order chi connectivity index (χ1) is 5.93. The van der Waals surface area contributed by atoms with Crippen LogP contribution in [0.4, 0.5) is 0 Å². The Morgan fingerprint density at radius 3 is 1.69 bits per heavy atom. The zero-order valence-corrected chi connectivity index (χ0v) is 10.5. The fourth-order valence-corrected chi connectivity index (χ4v) is 1.99. The largest absolute Gasteiger partial charge is 0.0654 e. The Bertz CT molecular complexity index is 135. The lowest BCUT2D eigenvalue weighted by atomic mass is 9.61. The molecule has 0 saturated carbocycles. The first-order valence-electron chi connectivity index (χ1n) is 5.93. The monoisotopic (exact) mass is 184 g/mol. The summed E-state index contributed by atoms with van der Waals surface area (Å²) in [5.74, 6) is 0. The van der Waals surface area contributed by atoms with Crippen LogP contribution in [-0.4, -0.2) is 0 Å². The van der Waals surface area contributed by atoms with E-state index in [1.165, 1.54) is 32.1 Å². The van der Waals surface area contributed by atoms with Crippen LogP contribution in [0.15, 0.2) is 0 Å². The molecule has 0 saturated heterocycles. The summed E-state index contributed by atoms with van der Waals surface area (Å²) < 4.78 is 0. The Morgan fingerprint density at radius 2 is 1.38 bits per heavy atom. The lowest BCUT2D eigenvalue weighted by Crippen LogP contribution is -2.34. The molecule has 0 amide bonds. The highest BCUT2D eigenvalue weighted by Gasteiger charge is 2.37. The third-order valence-electron chi connectivity index (χ3n) is 4.38. The van der Waals surface area contributed by atoms with Gasteiger partial charge in [-0.05, 0) is 17.3 Å². The van der Waals surface area contributed by atoms with Crippen molar-refractivity contribution in [1.82, 2.24) is 0 Å². The molecule has 0 spiro atoms. The molecule has 0 aliphatic heterocycles. The summed E-state index contributed by atoms with van der Waals surface area (Å²) >= 11 is 0. The molecule has 0 heterocycles. The summed E-state index contributed by atoms with van der Waals surface area (Å²) in [5.41, 5.74) is 1.04. The van der Waals surface area contributed by atoms with Gasteiger partial charge < -0.3 is 0 Å². The highest BCUT2D eigenvalue weighted by Crippen LogP contribution is 2.47. The topological polar surface area (TPSA) is 0 Å². The third kappa shape index (κ3) is 3.00. The van der Waals surface area contributed by atoms with Gasteiger partial charge >= 0.3 is 0 Å². The predicted molar refractivity (Wildman–Crippen MR) is 62.0 cm³/mol. The van der Waals surface area contributed by atoms with Gasteiger partial charge in [-0.1, -0.05) is 67.2 Å². The van der Waals surface area contributed by atoms with Gasteiger partial charge in [0.1, 0.15) is 0 Å². The van der Waals surface area contributed by atoms with Crippen molar-refractivity contribution >= 4 is 0 Å².